The summed E-state index contributed by atoms with van der Waals surface area (Å²) in [5, 5.41) is 7.14. The summed E-state index contributed by atoms with van der Waals surface area (Å²) in [6.07, 6.45) is 9.01. The molecule has 1 atom stereocenters. The van der Waals surface area contributed by atoms with E-state index in [1.165, 1.54) is 36.3 Å². The van der Waals surface area contributed by atoms with Crippen LogP contribution in [0.2, 0.25) is 0 Å². The zero-order chi connectivity index (χ0) is 21.9. The Balaban J connectivity index is 1.34. The van der Waals surface area contributed by atoms with Crippen LogP contribution in [0.25, 0.3) is 10.8 Å². The highest BCUT2D eigenvalue weighted by molar-refractivity contribution is 7.12. The Hall–Kier alpha value is -2.93. The first-order valence-electron chi connectivity index (χ1n) is 11.5. The predicted octanol–water partition coefficient (Wildman–Crippen LogP) is 4.78. The normalized spacial score (nSPS) is 19.2. The van der Waals surface area contributed by atoms with Crippen LogP contribution in [0.1, 0.15) is 41.8 Å². The first-order chi connectivity index (χ1) is 15.7. The first kappa shape index (κ1) is 20.9. The smallest absolute Gasteiger partial charge is 0.263 e. The average molecular weight is 449 g/mol. The van der Waals surface area contributed by atoms with Crippen LogP contribution in [0.3, 0.4) is 0 Å². The number of carbonyl (C=O) groups is 2. The minimum atomic E-state index is -0.207. The van der Waals surface area contributed by atoms with E-state index in [1.807, 2.05) is 46.9 Å². The Morgan fingerprint density at radius 3 is 2.69 bits per heavy atom. The van der Waals surface area contributed by atoms with Gasteiger partial charge in [0.2, 0.25) is 5.91 Å². The lowest BCUT2D eigenvalue weighted by molar-refractivity contribution is -0.121. The fraction of sp³-hybridized carbons (Fsp3) is 0.400. The number of hydrogen-bond donors (Lipinski definition) is 1. The average Bonchev–Trinajstić information content (AvgIpc) is 3.39. The van der Waals surface area contributed by atoms with Crippen molar-refractivity contribution in [3.63, 3.8) is 0 Å². The summed E-state index contributed by atoms with van der Waals surface area (Å²) in [4.78, 5) is 35.2. The quantitative estimate of drug-likeness (QED) is 0.624. The van der Waals surface area contributed by atoms with Gasteiger partial charge in [0.25, 0.3) is 5.91 Å². The van der Waals surface area contributed by atoms with Gasteiger partial charge >= 0.3 is 0 Å². The zero-order valence-corrected chi connectivity index (χ0v) is 18.9. The van der Waals surface area contributed by atoms with Crippen molar-refractivity contribution in [3.05, 3.63) is 53.0 Å². The van der Waals surface area contributed by atoms with E-state index in [9.17, 15) is 9.59 Å². The molecule has 0 radical (unpaired) electrons. The Bertz CT molecular complexity index is 1110. The lowest BCUT2D eigenvalue weighted by Gasteiger charge is -2.32. The number of carbonyl (C=O) groups excluding carboxylic acids is 2. The zero-order valence-electron chi connectivity index (χ0n) is 18.1. The van der Waals surface area contributed by atoms with Crippen LogP contribution < -0.4 is 10.2 Å². The van der Waals surface area contributed by atoms with Gasteiger partial charge in [0.15, 0.2) is 0 Å². The molecule has 0 spiro atoms. The fourth-order valence-corrected chi connectivity index (χ4v) is 5.55. The maximum absolute atomic E-state index is 13.2. The number of nitrogens with one attached hydrogen (secondary N) is 1. The third-order valence-corrected chi connectivity index (χ3v) is 7.42. The molecule has 0 saturated carbocycles. The Kier molecular flexibility index (Phi) is 6.08. The third kappa shape index (κ3) is 4.21. The second kappa shape index (κ2) is 9.28. The largest absolute Gasteiger partial charge is 0.371 e. The van der Waals surface area contributed by atoms with Crippen molar-refractivity contribution >= 4 is 45.3 Å². The van der Waals surface area contributed by atoms with Crippen molar-refractivity contribution in [3.8, 4) is 0 Å². The van der Waals surface area contributed by atoms with Crippen LogP contribution in [-0.2, 0) is 4.79 Å². The molecular weight excluding hydrogens is 420 g/mol. The van der Waals surface area contributed by atoms with Gasteiger partial charge in [-0.1, -0.05) is 6.07 Å². The molecule has 2 saturated heterocycles. The molecule has 2 aromatic heterocycles. The molecule has 7 heteroatoms. The van der Waals surface area contributed by atoms with Gasteiger partial charge in [-0.25, -0.2) is 0 Å². The van der Waals surface area contributed by atoms with Gasteiger partial charge in [0.1, 0.15) is 0 Å². The summed E-state index contributed by atoms with van der Waals surface area (Å²) < 4.78 is 0. The van der Waals surface area contributed by atoms with Gasteiger partial charge in [-0.3, -0.25) is 14.6 Å². The lowest BCUT2D eigenvalue weighted by Crippen LogP contribution is -2.43. The van der Waals surface area contributed by atoms with Crippen molar-refractivity contribution in [1.29, 1.82) is 0 Å². The number of fused-ring (bicyclic) bond motifs is 1. The van der Waals surface area contributed by atoms with Gasteiger partial charge in [0.05, 0.1) is 16.5 Å². The molecule has 4 heterocycles. The third-order valence-electron chi connectivity index (χ3n) is 6.56. The van der Waals surface area contributed by atoms with Crippen LogP contribution in [0.5, 0.6) is 0 Å². The van der Waals surface area contributed by atoms with Gasteiger partial charge in [0, 0.05) is 55.0 Å². The fourth-order valence-electron chi connectivity index (χ4n) is 4.86. The topological polar surface area (TPSA) is 65.5 Å². The molecule has 2 amide bonds. The predicted molar refractivity (Wildman–Crippen MR) is 129 cm³/mol. The van der Waals surface area contributed by atoms with Crippen LogP contribution in [0, 0.1) is 5.92 Å². The number of benzene rings is 1. The van der Waals surface area contributed by atoms with E-state index in [4.69, 9.17) is 0 Å². The molecule has 6 nitrogen and oxygen atoms in total. The molecule has 2 aliphatic heterocycles. The molecule has 1 N–H and O–H groups in total. The molecular formula is C25H28N4O2S. The molecule has 5 rings (SSSR count). The van der Waals surface area contributed by atoms with Gasteiger partial charge in [-0.2, -0.15) is 0 Å². The monoisotopic (exact) mass is 448 g/mol. The molecule has 166 valence electrons. The van der Waals surface area contributed by atoms with E-state index < -0.39 is 0 Å². The number of amides is 2. The molecule has 1 aromatic carbocycles. The minimum absolute atomic E-state index is 0.0236. The van der Waals surface area contributed by atoms with Crippen LogP contribution in [0.4, 0.5) is 11.4 Å². The number of aromatic nitrogens is 1. The molecule has 0 bridgehead atoms. The van der Waals surface area contributed by atoms with E-state index in [2.05, 4.69) is 21.3 Å². The highest BCUT2D eigenvalue weighted by Gasteiger charge is 2.29. The molecule has 32 heavy (non-hydrogen) atoms. The van der Waals surface area contributed by atoms with E-state index in [1.54, 1.807) is 0 Å². The van der Waals surface area contributed by atoms with Gasteiger partial charge in [-0.05, 0) is 61.7 Å². The van der Waals surface area contributed by atoms with E-state index >= 15 is 0 Å². The highest BCUT2D eigenvalue weighted by Crippen LogP contribution is 2.34. The lowest BCUT2D eigenvalue weighted by atomic mass is 9.96. The number of thiophene rings is 1. The maximum Gasteiger partial charge on any atom is 0.263 e. The Morgan fingerprint density at radius 2 is 1.88 bits per heavy atom. The van der Waals surface area contributed by atoms with E-state index in [0.29, 0.717) is 13.1 Å². The highest BCUT2D eigenvalue weighted by atomic mass is 32.1. The number of pyridine rings is 1. The van der Waals surface area contributed by atoms with Crippen molar-refractivity contribution in [2.45, 2.75) is 32.1 Å². The molecule has 2 fully saturated rings. The SMILES string of the molecule is O=C(Nc1ccc(N2CCCCC2)c2ccncc12)[C@@H]1CCCN(C(=O)c2cccs2)C1. The number of rotatable bonds is 4. The first-order valence-corrected chi connectivity index (χ1v) is 12.3. The Labute approximate surface area is 192 Å². The second-order valence-electron chi connectivity index (χ2n) is 8.66. The van der Waals surface area contributed by atoms with Crippen molar-refractivity contribution in [1.82, 2.24) is 9.88 Å². The summed E-state index contributed by atoms with van der Waals surface area (Å²) in [5.41, 5.74) is 2.01. The van der Waals surface area contributed by atoms with Gasteiger partial charge < -0.3 is 15.1 Å². The maximum atomic E-state index is 13.2. The summed E-state index contributed by atoms with van der Waals surface area (Å²) in [5.74, 6) is -0.205. The summed E-state index contributed by atoms with van der Waals surface area (Å²) in [7, 11) is 0. The number of anilines is 2. The minimum Gasteiger partial charge on any atom is -0.371 e. The summed E-state index contributed by atoms with van der Waals surface area (Å²) >= 11 is 1.45. The van der Waals surface area contributed by atoms with Crippen LogP contribution in [-0.4, -0.2) is 47.9 Å². The number of piperidine rings is 2. The van der Waals surface area contributed by atoms with E-state index in [0.717, 1.165) is 47.3 Å². The second-order valence-corrected chi connectivity index (χ2v) is 9.61. The van der Waals surface area contributed by atoms with Crippen molar-refractivity contribution in [2.75, 3.05) is 36.4 Å². The van der Waals surface area contributed by atoms with Crippen molar-refractivity contribution < 1.29 is 9.59 Å². The number of nitrogens with zero attached hydrogens (tertiary/aromatic N) is 3. The molecule has 3 aromatic rings. The van der Waals surface area contributed by atoms with Crippen LogP contribution in [0.15, 0.2) is 48.1 Å². The van der Waals surface area contributed by atoms with Crippen molar-refractivity contribution in [2.24, 2.45) is 5.92 Å². The summed E-state index contributed by atoms with van der Waals surface area (Å²) in [6.45, 7) is 3.31. The molecule has 0 unspecified atom stereocenters. The molecule has 0 aliphatic carbocycles. The Morgan fingerprint density at radius 1 is 1.00 bits per heavy atom. The molecule has 2 aliphatic rings. The number of hydrogen-bond acceptors (Lipinski definition) is 5. The van der Waals surface area contributed by atoms with Gasteiger partial charge in [-0.15, -0.1) is 11.3 Å². The van der Waals surface area contributed by atoms with Crippen LogP contribution >= 0.6 is 11.3 Å². The van der Waals surface area contributed by atoms with E-state index in [-0.39, 0.29) is 17.7 Å². The summed E-state index contributed by atoms with van der Waals surface area (Å²) in [6, 6.07) is 9.90. The number of likely N-dealkylation sites (tertiary alicyclic amines) is 1. The standard InChI is InChI=1S/C25H28N4O2S/c30-24(18-6-4-14-29(17-18)25(31)23-7-5-15-32-23)27-21-8-9-22(28-12-2-1-3-13-28)19-10-11-26-16-20(19)21/h5,7-11,15-16,18H,1-4,6,12-14,17H2,(H,27,30)/t18-/m1/s1.